The highest BCUT2D eigenvalue weighted by Gasteiger charge is 2.14. The quantitative estimate of drug-likeness (QED) is 0.453. The highest BCUT2D eigenvalue weighted by molar-refractivity contribution is 6.31. The lowest BCUT2D eigenvalue weighted by atomic mass is 10.1. The minimum absolute atomic E-state index is 0.221. The van der Waals surface area contributed by atoms with E-state index in [1.165, 1.54) is 5.56 Å². The molecule has 6 heteroatoms. The van der Waals surface area contributed by atoms with Gasteiger partial charge in [-0.15, -0.1) is 0 Å². The molecule has 2 aromatic heterocycles. The zero-order valence-corrected chi connectivity index (χ0v) is 17.4. The van der Waals surface area contributed by atoms with Gasteiger partial charge in [0, 0.05) is 16.6 Å². The Hall–Kier alpha value is -3.44. The molecule has 1 amide bonds. The number of aryl methyl sites for hydroxylation is 2. The van der Waals surface area contributed by atoms with Crippen LogP contribution in [-0.4, -0.2) is 10.9 Å². The molecular weight excluding hydrogens is 398 g/mol. The van der Waals surface area contributed by atoms with Crippen LogP contribution in [0.2, 0.25) is 5.02 Å². The van der Waals surface area contributed by atoms with Crippen molar-refractivity contribution in [1.29, 1.82) is 0 Å². The molecule has 2 aromatic carbocycles. The number of hydrogen-bond donors (Lipinski definition) is 1. The smallest absolute Gasteiger partial charge is 0.262 e. The number of aromatic nitrogens is 1. The van der Waals surface area contributed by atoms with Crippen LogP contribution in [0, 0.1) is 6.92 Å². The van der Waals surface area contributed by atoms with E-state index in [0.29, 0.717) is 33.1 Å². The van der Waals surface area contributed by atoms with Gasteiger partial charge in [-0.25, -0.2) is 9.98 Å². The Morgan fingerprint density at radius 1 is 1.10 bits per heavy atom. The summed E-state index contributed by atoms with van der Waals surface area (Å²) in [6, 6.07) is 18.5. The first-order valence-corrected chi connectivity index (χ1v) is 10.0. The SMILES string of the molecule is CCc1ccc(N=c2oc3ccc(Cl)cc3cc2C(=O)Nc2ccc(C)cn2)cc1. The molecule has 150 valence electrons. The van der Waals surface area contributed by atoms with E-state index in [0.717, 1.165) is 12.0 Å². The molecule has 0 aliphatic heterocycles. The van der Waals surface area contributed by atoms with Crippen LogP contribution < -0.4 is 10.9 Å². The lowest BCUT2D eigenvalue weighted by Gasteiger charge is -2.07. The van der Waals surface area contributed by atoms with Crippen LogP contribution in [0.25, 0.3) is 11.0 Å². The Labute approximate surface area is 179 Å². The molecule has 0 fully saturated rings. The van der Waals surface area contributed by atoms with E-state index in [-0.39, 0.29) is 11.5 Å². The summed E-state index contributed by atoms with van der Waals surface area (Å²) in [6.07, 6.45) is 2.64. The number of amides is 1. The van der Waals surface area contributed by atoms with E-state index < -0.39 is 0 Å². The molecule has 1 N–H and O–H groups in total. The van der Waals surface area contributed by atoms with Crippen LogP contribution in [0.1, 0.15) is 28.4 Å². The number of rotatable bonds is 4. The maximum absolute atomic E-state index is 13.0. The molecule has 0 spiro atoms. The van der Waals surface area contributed by atoms with Crippen LogP contribution in [-0.2, 0) is 6.42 Å². The average molecular weight is 418 g/mol. The topological polar surface area (TPSA) is 67.5 Å². The first kappa shape index (κ1) is 19.9. The highest BCUT2D eigenvalue weighted by atomic mass is 35.5. The molecule has 0 radical (unpaired) electrons. The van der Waals surface area contributed by atoms with Crippen molar-refractivity contribution in [2.45, 2.75) is 20.3 Å². The van der Waals surface area contributed by atoms with Gasteiger partial charge in [-0.2, -0.15) is 0 Å². The van der Waals surface area contributed by atoms with Gasteiger partial charge in [0.25, 0.3) is 5.91 Å². The van der Waals surface area contributed by atoms with Crippen molar-refractivity contribution in [2.75, 3.05) is 5.32 Å². The molecule has 0 saturated heterocycles. The summed E-state index contributed by atoms with van der Waals surface area (Å²) >= 11 is 6.12. The van der Waals surface area contributed by atoms with Crippen molar-refractivity contribution in [1.82, 2.24) is 4.98 Å². The van der Waals surface area contributed by atoms with Gasteiger partial charge in [0.15, 0.2) is 0 Å². The lowest BCUT2D eigenvalue weighted by Crippen LogP contribution is -2.22. The largest absolute Gasteiger partial charge is 0.438 e. The Balaban J connectivity index is 1.82. The molecule has 2 heterocycles. The van der Waals surface area contributed by atoms with Crippen molar-refractivity contribution >= 4 is 40.0 Å². The second kappa shape index (κ2) is 8.51. The molecule has 0 aliphatic rings. The number of fused-ring (bicyclic) bond motifs is 1. The van der Waals surface area contributed by atoms with Crippen LogP contribution in [0.3, 0.4) is 0 Å². The summed E-state index contributed by atoms with van der Waals surface area (Å²) in [7, 11) is 0. The summed E-state index contributed by atoms with van der Waals surface area (Å²) in [5, 5.41) is 4.08. The van der Waals surface area contributed by atoms with Crippen LogP contribution in [0.15, 0.2) is 76.3 Å². The average Bonchev–Trinajstić information content (AvgIpc) is 2.75. The monoisotopic (exact) mass is 417 g/mol. The third kappa shape index (κ3) is 4.42. The molecule has 4 rings (SSSR count). The third-order valence-corrected chi connectivity index (χ3v) is 4.92. The number of carbonyl (C=O) groups excluding carboxylic acids is 1. The highest BCUT2D eigenvalue weighted by Crippen LogP contribution is 2.20. The first-order chi connectivity index (χ1) is 14.5. The van der Waals surface area contributed by atoms with Crippen LogP contribution in [0.4, 0.5) is 11.5 Å². The Kier molecular flexibility index (Phi) is 5.63. The fourth-order valence-electron chi connectivity index (χ4n) is 3.00. The molecule has 30 heavy (non-hydrogen) atoms. The molecular formula is C24H20ClN3O2. The van der Waals surface area contributed by atoms with Gasteiger partial charge in [-0.1, -0.05) is 36.7 Å². The number of nitrogens with zero attached hydrogens (tertiary/aromatic N) is 2. The fourth-order valence-corrected chi connectivity index (χ4v) is 3.18. The molecule has 0 atom stereocenters. The van der Waals surface area contributed by atoms with E-state index in [2.05, 4.69) is 22.2 Å². The van der Waals surface area contributed by atoms with Gasteiger partial charge in [0.1, 0.15) is 17.0 Å². The maximum Gasteiger partial charge on any atom is 0.262 e. The van der Waals surface area contributed by atoms with Gasteiger partial charge < -0.3 is 9.73 Å². The van der Waals surface area contributed by atoms with Gasteiger partial charge in [-0.05, 0) is 66.9 Å². The van der Waals surface area contributed by atoms with E-state index >= 15 is 0 Å². The van der Waals surface area contributed by atoms with Gasteiger partial charge in [0.05, 0.1) is 5.69 Å². The van der Waals surface area contributed by atoms with Crippen molar-refractivity contribution in [3.63, 3.8) is 0 Å². The predicted molar refractivity (Wildman–Crippen MR) is 119 cm³/mol. The third-order valence-electron chi connectivity index (χ3n) is 4.68. The van der Waals surface area contributed by atoms with Crippen molar-refractivity contribution in [2.24, 2.45) is 4.99 Å². The van der Waals surface area contributed by atoms with Crippen molar-refractivity contribution in [3.8, 4) is 0 Å². The molecule has 5 nitrogen and oxygen atoms in total. The van der Waals surface area contributed by atoms with Crippen molar-refractivity contribution in [3.05, 3.63) is 94.1 Å². The minimum Gasteiger partial charge on any atom is -0.438 e. The number of halogens is 1. The maximum atomic E-state index is 13.0. The molecule has 0 bridgehead atoms. The number of pyridine rings is 1. The number of nitrogens with one attached hydrogen (secondary N) is 1. The lowest BCUT2D eigenvalue weighted by molar-refractivity contribution is 0.102. The number of anilines is 1. The van der Waals surface area contributed by atoms with Gasteiger partial charge >= 0.3 is 0 Å². The summed E-state index contributed by atoms with van der Waals surface area (Å²) in [5.74, 6) is 0.0935. The Morgan fingerprint density at radius 3 is 2.60 bits per heavy atom. The molecule has 0 unspecified atom stereocenters. The standard InChI is InChI=1S/C24H20ClN3O2/c1-3-16-5-8-19(9-6-16)27-24-20(13-17-12-18(25)7-10-21(17)30-24)23(29)28-22-11-4-15(2)14-26-22/h4-14H,3H2,1-2H3,(H,26,28,29). The number of hydrogen-bond acceptors (Lipinski definition) is 4. The fraction of sp³-hybridized carbons (Fsp3) is 0.125. The van der Waals surface area contributed by atoms with E-state index in [9.17, 15) is 4.79 Å². The summed E-state index contributed by atoms with van der Waals surface area (Å²) in [5.41, 5.74) is 4.03. The van der Waals surface area contributed by atoms with Gasteiger partial charge in [-0.3, -0.25) is 4.79 Å². The second-order valence-electron chi connectivity index (χ2n) is 6.95. The normalized spacial score (nSPS) is 11.6. The molecule has 0 saturated carbocycles. The summed E-state index contributed by atoms with van der Waals surface area (Å²) in [6.45, 7) is 4.03. The van der Waals surface area contributed by atoms with E-state index in [1.54, 1.807) is 36.5 Å². The zero-order chi connectivity index (χ0) is 21.1. The predicted octanol–water partition coefficient (Wildman–Crippen LogP) is 5.84. The van der Waals surface area contributed by atoms with Crippen LogP contribution in [0.5, 0.6) is 0 Å². The molecule has 4 aromatic rings. The second-order valence-corrected chi connectivity index (χ2v) is 7.39. The van der Waals surface area contributed by atoms with Crippen molar-refractivity contribution < 1.29 is 9.21 Å². The molecule has 0 aliphatic carbocycles. The summed E-state index contributed by atoms with van der Waals surface area (Å²) < 4.78 is 5.98. The Bertz CT molecular complexity index is 1280. The van der Waals surface area contributed by atoms with Crippen LogP contribution >= 0.6 is 11.6 Å². The van der Waals surface area contributed by atoms with E-state index in [4.69, 9.17) is 16.0 Å². The number of carbonyl (C=O) groups is 1. The number of benzene rings is 2. The summed E-state index contributed by atoms with van der Waals surface area (Å²) in [4.78, 5) is 21.9. The van der Waals surface area contributed by atoms with Gasteiger partial charge in [0.2, 0.25) is 5.55 Å². The minimum atomic E-state index is -0.360. The first-order valence-electron chi connectivity index (χ1n) is 9.63. The zero-order valence-electron chi connectivity index (χ0n) is 16.6. The van der Waals surface area contributed by atoms with E-state index in [1.807, 2.05) is 37.3 Å². The Morgan fingerprint density at radius 2 is 1.90 bits per heavy atom.